The fraction of sp³-hybridized carbons (Fsp3) is 0.636. The van der Waals surface area contributed by atoms with Crippen LogP contribution >= 0.6 is 34.2 Å². The summed E-state index contributed by atoms with van der Waals surface area (Å²) >= 11 is 3.91. The predicted octanol–water partition coefficient (Wildman–Crippen LogP) is -2.53. The largest absolute Gasteiger partial charge is 0.481 e. The molecule has 0 aliphatic rings. The average molecular weight is 917 g/mol. The van der Waals surface area contributed by atoms with Crippen LogP contribution in [0, 0.1) is 5.92 Å². The number of nitrogens with one attached hydrogen (secondary N) is 3. The molecule has 340 valence electrons. The van der Waals surface area contributed by atoms with E-state index in [1.54, 1.807) is 0 Å². The van der Waals surface area contributed by atoms with E-state index in [-0.39, 0.29) is 81.5 Å². The van der Waals surface area contributed by atoms with Gasteiger partial charge in [0.2, 0.25) is 17.7 Å². The third-order valence-corrected chi connectivity index (χ3v) is 10.6. The highest BCUT2D eigenvalue weighted by Gasteiger charge is 2.26. The average Bonchev–Trinajstić information content (AvgIpc) is 3.17. The Morgan fingerprint density at radius 1 is 0.517 bits per heavy atom. The number of carboxylic acid groups (broad SMARTS) is 6. The van der Waals surface area contributed by atoms with Crippen LogP contribution in [0.1, 0.15) is 70.6 Å². The summed E-state index contributed by atoms with van der Waals surface area (Å²) in [6, 6.07) is -5.71. The molecule has 0 aliphatic heterocycles. The molecule has 0 radical (unpaired) electrons. The van der Waals surface area contributed by atoms with Gasteiger partial charge in [0.25, 0.3) is 0 Å². The van der Waals surface area contributed by atoms with Gasteiger partial charge in [-0.3, -0.25) is 57.5 Å². The van der Waals surface area contributed by atoms with Crippen LogP contribution in [0.4, 0.5) is 0 Å². The molecule has 6 unspecified atom stereocenters. The Balaban J connectivity index is 0. The van der Waals surface area contributed by atoms with Crippen molar-refractivity contribution in [3.63, 3.8) is 0 Å². The van der Waals surface area contributed by atoms with Gasteiger partial charge in [0, 0.05) is 55.8 Å². The third kappa shape index (κ3) is 29.4. The van der Waals surface area contributed by atoms with Gasteiger partial charge in [-0.05, 0) is 19.3 Å². The molecule has 6 atom stereocenters. The normalized spacial score (nSPS) is 13.6. The van der Waals surface area contributed by atoms with Gasteiger partial charge in [0.15, 0.2) is 11.6 Å². The highest BCUT2D eigenvalue weighted by Crippen LogP contribution is 2.27. The SMILES string of the molecule is NC(CCC(=O)CC(CSSCC(NC(=O)CCC(N)C(=O)O)C(=O)CCC(=O)O)C(=O)NCC(=O)O)C(=O)O.NC(CCC(=O)NC(CS)C(=O)CCC(=O)O)C(=O)O. The highest BCUT2D eigenvalue weighted by molar-refractivity contribution is 8.76. The zero-order valence-electron chi connectivity index (χ0n) is 32.1. The van der Waals surface area contributed by atoms with E-state index in [1.807, 2.05) is 0 Å². The van der Waals surface area contributed by atoms with E-state index in [1.165, 1.54) is 0 Å². The number of carbonyl (C=O) groups excluding carboxylic acids is 6. The number of nitrogens with two attached hydrogens (primary N) is 3. The Morgan fingerprint density at radius 3 is 1.32 bits per heavy atom. The molecule has 15 N–H and O–H groups in total. The van der Waals surface area contributed by atoms with E-state index in [9.17, 15) is 57.5 Å². The van der Waals surface area contributed by atoms with Crippen LogP contribution in [0.5, 0.6) is 0 Å². The van der Waals surface area contributed by atoms with Crippen molar-refractivity contribution in [1.82, 2.24) is 16.0 Å². The van der Waals surface area contributed by atoms with Gasteiger partial charge < -0.3 is 63.8 Å². The Kier molecular flexibility index (Phi) is 30.5. The summed E-state index contributed by atoms with van der Waals surface area (Å²) in [6.07, 6.45) is -2.76. The van der Waals surface area contributed by atoms with Crippen molar-refractivity contribution >= 4 is 105 Å². The van der Waals surface area contributed by atoms with Crippen LogP contribution in [0.15, 0.2) is 0 Å². The van der Waals surface area contributed by atoms with Crippen LogP contribution in [-0.4, -0.2) is 156 Å². The summed E-state index contributed by atoms with van der Waals surface area (Å²) in [6.45, 7) is -0.692. The number of Topliss-reactive ketones (excluding diaryl/α,β-unsaturated/α-hetero) is 3. The molecule has 60 heavy (non-hydrogen) atoms. The number of carboxylic acids is 6. The molecule has 0 heterocycles. The Hall–Kier alpha value is -4.83. The van der Waals surface area contributed by atoms with Gasteiger partial charge in [-0.1, -0.05) is 21.6 Å². The predicted molar refractivity (Wildman–Crippen MR) is 215 cm³/mol. The molecule has 0 aliphatic carbocycles. The molecule has 0 aromatic carbocycles. The molecule has 0 spiro atoms. The molecular weight excluding hydrogens is 865 g/mol. The first-order chi connectivity index (χ1) is 27.9. The molecule has 0 saturated carbocycles. The summed E-state index contributed by atoms with van der Waals surface area (Å²) in [5.41, 5.74) is 16.0. The van der Waals surface area contributed by atoms with Gasteiger partial charge in [-0.25, -0.2) is 0 Å². The molecule has 3 amide bonds. The number of thiol groups is 1. The monoisotopic (exact) mass is 916 g/mol. The maximum absolute atomic E-state index is 12.5. The first kappa shape index (κ1) is 57.3. The van der Waals surface area contributed by atoms with Gasteiger partial charge in [-0.15, -0.1) is 0 Å². The fourth-order valence-electron chi connectivity index (χ4n) is 4.20. The number of rotatable bonds is 33. The second kappa shape index (κ2) is 32.0. The second-order valence-electron chi connectivity index (χ2n) is 12.7. The van der Waals surface area contributed by atoms with Gasteiger partial charge in [0.05, 0.1) is 30.8 Å². The lowest BCUT2D eigenvalue weighted by Gasteiger charge is -2.19. The highest BCUT2D eigenvalue weighted by atomic mass is 33.1. The molecule has 27 heteroatoms. The zero-order chi connectivity index (χ0) is 46.5. The van der Waals surface area contributed by atoms with E-state index >= 15 is 0 Å². The van der Waals surface area contributed by atoms with Crippen LogP contribution < -0.4 is 33.2 Å². The quantitative estimate of drug-likeness (QED) is 0.0183. The molecule has 0 rings (SSSR count). The summed E-state index contributed by atoms with van der Waals surface area (Å²) in [7, 11) is 2.06. The molecule has 0 saturated heterocycles. The van der Waals surface area contributed by atoms with Crippen LogP contribution in [0.25, 0.3) is 0 Å². The lowest BCUT2D eigenvalue weighted by Crippen LogP contribution is -2.43. The number of hydrogen-bond acceptors (Lipinski definition) is 18. The molecule has 24 nitrogen and oxygen atoms in total. The van der Waals surface area contributed by atoms with Crippen molar-refractivity contribution in [3.8, 4) is 0 Å². The van der Waals surface area contributed by atoms with Crippen molar-refractivity contribution in [2.75, 3.05) is 23.8 Å². The fourth-order valence-corrected chi connectivity index (χ4v) is 7.01. The molecule has 0 aromatic heterocycles. The standard InChI is InChI=1S/C22H34N4O12S2.C11H18N2O6S/c23-13(21(35)36)2-1-12(27)7-11(20(34)25-8-19(32)33)9-39-40-10-15(16(28)4-6-18(30)31)26-17(29)5-3-14(24)22(37)38;12-6(11(18)19)1-3-9(15)13-7(5-20)8(14)2-4-10(16)17/h11,13-15H,1-10,23-24H2,(H,25,34)(H,26,29)(H,30,31)(H,32,33)(H,35,36)(H,37,38);6-7,20H,1-5,12H2,(H,13,15)(H,16,17)(H,18,19). The van der Waals surface area contributed by atoms with Crippen molar-refractivity contribution in [1.29, 1.82) is 0 Å². The van der Waals surface area contributed by atoms with Crippen LogP contribution in [0.3, 0.4) is 0 Å². The van der Waals surface area contributed by atoms with E-state index in [0.717, 1.165) is 21.6 Å². The minimum Gasteiger partial charge on any atom is -0.481 e. The summed E-state index contributed by atoms with van der Waals surface area (Å²) in [4.78, 5) is 137. The number of hydrogen-bond donors (Lipinski definition) is 13. The minimum atomic E-state index is -1.31. The molecule has 0 aromatic rings. The third-order valence-electron chi connectivity index (χ3n) is 7.70. The number of aliphatic carboxylic acids is 6. The van der Waals surface area contributed by atoms with Crippen molar-refractivity contribution in [2.45, 2.75) is 101 Å². The van der Waals surface area contributed by atoms with E-state index < -0.39 is 120 Å². The molecule has 0 fully saturated rings. The molecular formula is C33H52N6O18S3. The lowest BCUT2D eigenvalue weighted by atomic mass is 9.99. The van der Waals surface area contributed by atoms with E-state index in [4.69, 9.17) is 47.8 Å². The van der Waals surface area contributed by atoms with Crippen LogP contribution in [0.2, 0.25) is 0 Å². The summed E-state index contributed by atoms with van der Waals surface area (Å²) < 4.78 is 0. The Morgan fingerprint density at radius 2 is 0.917 bits per heavy atom. The van der Waals surface area contributed by atoms with E-state index in [0.29, 0.717) is 0 Å². The van der Waals surface area contributed by atoms with Gasteiger partial charge in [0.1, 0.15) is 30.5 Å². The van der Waals surface area contributed by atoms with E-state index in [2.05, 4.69) is 28.6 Å². The Labute approximate surface area is 356 Å². The van der Waals surface area contributed by atoms with Crippen molar-refractivity contribution < 1.29 is 88.2 Å². The van der Waals surface area contributed by atoms with Crippen LogP contribution in [-0.2, 0) is 57.5 Å². The Bertz CT molecular complexity index is 1460. The zero-order valence-corrected chi connectivity index (χ0v) is 34.7. The maximum atomic E-state index is 12.5. The smallest absolute Gasteiger partial charge is 0.322 e. The summed E-state index contributed by atoms with van der Waals surface area (Å²) in [5, 5.41) is 59.3. The topological polar surface area (TPSA) is 440 Å². The lowest BCUT2D eigenvalue weighted by molar-refractivity contribution is -0.140. The number of ketones is 3. The summed E-state index contributed by atoms with van der Waals surface area (Å²) in [5.74, 6) is -11.9. The number of amides is 3. The molecule has 0 bridgehead atoms. The van der Waals surface area contributed by atoms with Crippen molar-refractivity contribution in [3.05, 3.63) is 0 Å². The first-order valence-electron chi connectivity index (χ1n) is 17.8. The first-order valence-corrected chi connectivity index (χ1v) is 20.9. The maximum Gasteiger partial charge on any atom is 0.322 e. The number of carbonyl (C=O) groups is 12. The minimum absolute atomic E-state index is 0.0235. The van der Waals surface area contributed by atoms with Gasteiger partial charge >= 0.3 is 35.8 Å². The van der Waals surface area contributed by atoms with Crippen molar-refractivity contribution in [2.24, 2.45) is 23.1 Å². The second-order valence-corrected chi connectivity index (χ2v) is 15.6. The van der Waals surface area contributed by atoms with Gasteiger partial charge in [-0.2, -0.15) is 12.6 Å².